The first-order valence-electron chi connectivity index (χ1n) is 10.9. The van der Waals surface area contributed by atoms with Gasteiger partial charge in [-0.05, 0) is 56.6 Å². The molecule has 0 spiro atoms. The molecule has 0 saturated heterocycles. The van der Waals surface area contributed by atoms with E-state index < -0.39 is 0 Å². The van der Waals surface area contributed by atoms with E-state index in [1.54, 1.807) is 0 Å². The van der Waals surface area contributed by atoms with Gasteiger partial charge in [0.15, 0.2) is 0 Å². The van der Waals surface area contributed by atoms with Crippen LogP contribution in [-0.4, -0.2) is 0 Å². The smallest absolute Gasteiger partial charge is 0.0622 e. The van der Waals surface area contributed by atoms with Crippen LogP contribution in [0.15, 0.2) is 132 Å². The SMILES string of the molecule is Brc1ccc2c(c1)C(c1ccccc1)(c1ccc(-c3ccccc3)cc1)c1ccccc1-2. The number of halogens is 1. The lowest BCUT2D eigenvalue weighted by Gasteiger charge is -2.34. The highest BCUT2D eigenvalue weighted by molar-refractivity contribution is 9.10. The molecule has 0 aromatic heterocycles. The first kappa shape index (κ1) is 19.3. The predicted molar refractivity (Wildman–Crippen MR) is 137 cm³/mol. The normalized spacial score (nSPS) is 16.4. The van der Waals surface area contributed by atoms with Gasteiger partial charge in [-0.1, -0.05) is 131 Å². The fourth-order valence-electron chi connectivity index (χ4n) is 5.27. The summed E-state index contributed by atoms with van der Waals surface area (Å²) in [5.74, 6) is 0. The third-order valence-electron chi connectivity index (χ3n) is 6.64. The van der Waals surface area contributed by atoms with Gasteiger partial charge in [0, 0.05) is 4.47 Å². The number of rotatable bonds is 3. The molecule has 0 N–H and O–H groups in total. The summed E-state index contributed by atoms with van der Waals surface area (Å²) in [5, 5.41) is 0. The Hall–Kier alpha value is -3.42. The van der Waals surface area contributed by atoms with E-state index in [2.05, 4.69) is 143 Å². The highest BCUT2D eigenvalue weighted by atomic mass is 79.9. The molecule has 1 aliphatic carbocycles. The van der Waals surface area contributed by atoms with Crippen molar-refractivity contribution >= 4 is 15.9 Å². The molecule has 1 heteroatoms. The molecule has 0 radical (unpaired) electrons. The molecular weight excluding hydrogens is 452 g/mol. The van der Waals surface area contributed by atoms with Gasteiger partial charge >= 0.3 is 0 Å². The van der Waals surface area contributed by atoms with Crippen LogP contribution in [0.25, 0.3) is 22.3 Å². The van der Waals surface area contributed by atoms with Gasteiger partial charge in [0.1, 0.15) is 0 Å². The van der Waals surface area contributed by atoms with E-state index in [0.29, 0.717) is 0 Å². The average molecular weight is 473 g/mol. The largest absolute Gasteiger partial charge is 0.0713 e. The van der Waals surface area contributed by atoms with E-state index in [-0.39, 0.29) is 5.41 Å². The molecule has 1 aliphatic rings. The van der Waals surface area contributed by atoms with Gasteiger partial charge in [-0.3, -0.25) is 0 Å². The molecule has 1 unspecified atom stereocenters. The van der Waals surface area contributed by atoms with E-state index in [0.717, 1.165) is 4.47 Å². The molecule has 0 nitrogen and oxygen atoms in total. The van der Waals surface area contributed by atoms with Crippen molar-refractivity contribution in [3.8, 4) is 22.3 Å². The van der Waals surface area contributed by atoms with Gasteiger partial charge in [-0.15, -0.1) is 0 Å². The Balaban J connectivity index is 1.67. The molecule has 0 bridgehead atoms. The second-order valence-electron chi connectivity index (χ2n) is 8.29. The topological polar surface area (TPSA) is 0 Å². The lowest BCUT2D eigenvalue weighted by atomic mass is 9.67. The summed E-state index contributed by atoms with van der Waals surface area (Å²) in [7, 11) is 0. The third-order valence-corrected chi connectivity index (χ3v) is 7.13. The van der Waals surface area contributed by atoms with Crippen LogP contribution in [-0.2, 0) is 5.41 Å². The summed E-state index contributed by atoms with van der Waals surface area (Å²) >= 11 is 3.75. The second kappa shape index (κ2) is 7.62. The monoisotopic (exact) mass is 472 g/mol. The van der Waals surface area contributed by atoms with Crippen LogP contribution in [0.4, 0.5) is 0 Å². The van der Waals surface area contributed by atoms with Crippen molar-refractivity contribution in [1.29, 1.82) is 0 Å². The molecule has 1 atom stereocenters. The quantitative estimate of drug-likeness (QED) is 0.242. The summed E-state index contributed by atoms with van der Waals surface area (Å²) < 4.78 is 1.10. The van der Waals surface area contributed by atoms with Crippen LogP contribution >= 0.6 is 15.9 Å². The molecule has 5 aromatic rings. The average Bonchev–Trinajstić information content (AvgIpc) is 3.15. The van der Waals surface area contributed by atoms with Gasteiger partial charge < -0.3 is 0 Å². The fraction of sp³-hybridized carbons (Fsp3) is 0.0323. The Labute approximate surface area is 197 Å². The first-order valence-corrected chi connectivity index (χ1v) is 11.7. The molecule has 0 aliphatic heterocycles. The highest BCUT2D eigenvalue weighted by Crippen LogP contribution is 2.56. The molecule has 0 saturated carbocycles. The third kappa shape index (κ3) is 2.82. The predicted octanol–water partition coefficient (Wildman–Crippen LogP) is 8.48. The molecule has 0 heterocycles. The first-order chi connectivity index (χ1) is 15.8. The fourth-order valence-corrected chi connectivity index (χ4v) is 5.63. The van der Waals surface area contributed by atoms with E-state index in [1.807, 2.05) is 0 Å². The van der Waals surface area contributed by atoms with Gasteiger partial charge in [0.25, 0.3) is 0 Å². The molecule has 32 heavy (non-hydrogen) atoms. The van der Waals surface area contributed by atoms with Crippen LogP contribution in [0, 0.1) is 0 Å². The maximum absolute atomic E-state index is 3.75. The Morgan fingerprint density at radius 3 is 1.75 bits per heavy atom. The Kier molecular flexibility index (Phi) is 4.59. The Bertz CT molecular complexity index is 1400. The van der Waals surface area contributed by atoms with Crippen LogP contribution in [0.5, 0.6) is 0 Å². The zero-order chi connectivity index (χ0) is 21.5. The zero-order valence-corrected chi connectivity index (χ0v) is 19.1. The molecule has 0 fully saturated rings. The summed E-state index contributed by atoms with van der Waals surface area (Å²) in [6.45, 7) is 0. The number of hydrogen-bond donors (Lipinski definition) is 0. The second-order valence-corrected chi connectivity index (χ2v) is 9.21. The van der Waals surface area contributed by atoms with Crippen molar-refractivity contribution in [2.45, 2.75) is 5.41 Å². The van der Waals surface area contributed by atoms with E-state index in [9.17, 15) is 0 Å². The summed E-state index contributed by atoms with van der Waals surface area (Å²) in [6, 6.07) is 46.2. The van der Waals surface area contributed by atoms with Crippen LogP contribution < -0.4 is 0 Å². The summed E-state index contributed by atoms with van der Waals surface area (Å²) in [6.07, 6.45) is 0. The number of benzene rings is 5. The zero-order valence-electron chi connectivity index (χ0n) is 17.5. The van der Waals surface area contributed by atoms with Crippen molar-refractivity contribution in [2.24, 2.45) is 0 Å². The Morgan fingerprint density at radius 2 is 1.00 bits per heavy atom. The van der Waals surface area contributed by atoms with Crippen molar-refractivity contribution in [2.75, 3.05) is 0 Å². The minimum atomic E-state index is -0.355. The minimum Gasteiger partial charge on any atom is -0.0622 e. The molecular formula is C31H21Br. The minimum absolute atomic E-state index is 0.355. The van der Waals surface area contributed by atoms with E-state index in [4.69, 9.17) is 0 Å². The van der Waals surface area contributed by atoms with E-state index in [1.165, 1.54) is 44.5 Å². The molecule has 0 amide bonds. The van der Waals surface area contributed by atoms with Crippen molar-refractivity contribution in [3.05, 3.63) is 154 Å². The van der Waals surface area contributed by atoms with Crippen LogP contribution in [0.1, 0.15) is 22.3 Å². The number of fused-ring (bicyclic) bond motifs is 3. The summed E-state index contributed by atoms with van der Waals surface area (Å²) in [4.78, 5) is 0. The van der Waals surface area contributed by atoms with Gasteiger partial charge in [0.2, 0.25) is 0 Å². The molecule has 152 valence electrons. The van der Waals surface area contributed by atoms with Crippen LogP contribution in [0.2, 0.25) is 0 Å². The van der Waals surface area contributed by atoms with E-state index >= 15 is 0 Å². The van der Waals surface area contributed by atoms with Crippen molar-refractivity contribution in [3.63, 3.8) is 0 Å². The standard InChI is InChI=1S/C31H21Br/c32-26-19-20-28-27-13-7-8-14-29(27)31(30(28)21-26,24-11-5-2-6-12-24)25-17-15-23(16-18-25)22-9-3-1-4-10-22/h1-21H. The van der Waals surface area contributed by atoms with Gasteiger partial charge in [0.05, 0.1) is 5.41 Å². The maximum Gasteiger partial charge on any atom is 0.0713 e. The highest BCUT2D eigenvalue weighted by Gasteiger charge is 2.45. The van der Waals surface area contributed by atoms with Gasteiger partial charge in [-0.25, -0.2) is 0 Å². The van der Waals surface area contributed by atoms with Crippen molar-refractivity contribution in [1.82, 2.24) is 0 Å². The number of hydrogen-bond acceptors (Lipinski definition) is 0. The van der Waals surface area contributed by atoms with Crippen molar-refractivity contribution < 1.29 is 0 Å². The van der Waals surface area contributed by atoms with Gasteiger partial charge in [-0.2, -0.15) is 0 Å². The molecule has 6 rings (SSSR count). The Morgan fingerprint density at radius 1 is 0.438 bits per heavy atom. The molecule has 5 aromatic carbocycles. The van der Waals surface area contributed by atoms with Crippen LogP contribution in [0.3, 0.4) is 0 Å². The lowest BCUT2D eigenvalue weighted by molar-refractivity contribution is 0.768. The maximum atomic E-state index is 3.75. The lowest BCUT2D eigenvalue weighted by Crippen LogP contribution is -2.28. The summed E-state index contributed by atoms with van der Waals surface area (Å²) in [5.41, 5.74) is 9.97.